The quantitative estimate of drug-likeness (QED) is 0.247. The summed E-state index contributed by atoms with van der Waals surface area (Å²) in [7, 11) is 0. The second kappa shape index (κ2) is 14.8. The summed E-state index contributed by atoms with van der Waals surface area (Å²) in [5.74, 6) is 0.321. The van der Waals surface area contributed by atoms with Crippen LogP contribution in [0, 0.1) is 0 Å². The standard InChI is InChI=1S/C25H47NO4/c1-20(27)16-14-12-10-8-6-7-9-11-13-15-17-22-18-19-23(21(2)26-22)29-24(28)30-25(3,4)5/h21-23,26H,6-19H2,1-5H3. The van der Waals surface area contributed by atoms with Crippen molar-refractivity contribution in [2.45, 2.75) is 148 Å². The minimum atomic E-state index is -0.560. The number of ketones is 1. The summed E-state index contributed by atoms with van der Waals surface area (Å²) in [5.41, 5.74) is -0.513. The third-order valence-electron chi connectivity index (χ3n) is 5.82. The summed E-state index contributed by atoms with van der Waals surface area (Å²) in [5, 5.41) is 3.62. The Kier molecular flexibility index (Phi) is 13.3. The molecule has 1 fully saturated rings. The number of hydrogen-bond acceptors (Lipinski definition) is 5. The van der Waals surface area contributed by atoms with Gasteiger partial charge in [-0.05, 0) is 60.3 Å². The molecule has 0 aromatic heterocycles. The highest BCUT2D eigenvalue weighted by molar-refractivity contribution is 5.75. The molecule has 0 saturated carbocycles. The van der Waals surface area contributed by atoms with Crippen LogP contribution in [0.4, 0.5) is 4.79 Å². The van der Waals surface area contributed by atoms with E-state index in [2.05, 4.69) is 12.2 Å². The Labute approximate surface area is 185 Å². The smallest absolute Gasteiger partial charge is 0.429 e. The van der Waals surface area contributed by atoms with Crippen LogP contribution < -0.4 is 5.32 Å². The molecule has 0 spiro atoms. The first-order chi connectivity index (χ1) is 14.2. The number of Topliss-reactive ketones (excluding diaryl/α,β-unsaturated/α-hetero) is 1. The van der Waals surface area contributed by atoms with Crippen molar-refractivity contribution in [2.75, 3.05) is 0 Å². The van der Waals surface area contributed by atoms with Gasteiger partial charge in [-0.15, -0.1) is 0 Å². The molecule has 0 aromatic rings. The number of piperidine rings is 1. The van der Waals surface area contributed by atoms with Crippen LogP contribution in [0.15, 0.2) is 0 Å². The van der Waals surface area contributed by atoms with E-state index in [4.69, 9.17) is 9.47 Å². The molecule has 1 rings (SSSR count). The van der Waals surface area contributed by atoms with Crippen LogP contribution >= 0.6 is 0 Å². The SMILES string of the molecule is CC(=O)CCCCCCCCCCCCC1CCC(OC(=O)OC(C)(C)C)C(C)N1. The normalized spacial score (nSPS) is 22.0. The number of unbranched alkanes of at least 4 members (excludes halogenated alkanes) is 9. The lowest BCUT2D eigenvalue weighted by molar-refractivity contribution is -0.117. The molecular formula is C25H47NO4. The summed E-state index contributed by atoms with van der Waals surface area (Å²) in [4.78, 5) is 22.8. The van der Waals surface area contributed by atoms with Crippen molar-refractivity contribution < 1.29 is 19.1 Å². The Hall–Kier alpha value is -1.10. The zero-order valence-electron chi connectivity index (χ0n) is 20.3. The third kappa shape index (κ3) is 14.0. The van der Waals surface area contributed by atoms with Crippen molar-refractivity contribution in [1.82, 2.24) is 5.32 Å². The van der Waals surface area contributed by atoms with E-state index in [-0.39, 0.29) is 12.1 Å². The Bertz CT molecular complexity index is 486. The number of rotatable bonds is 14. The van der Waals surface area contributed by atoms with Gasteiger partial charge >= 0.3 is 6.16 Å². The first kappa shape index (κ1) is 26.9. The minimum absolute atomic E-state index is 0.0986. The van der Waals surface area contributed by atoms with E-state index in [1.165, 1.54) is 64.2 Å². The predicted octanol–water partition coefficient (Wildman–Crippen LogP) is 6.72. The van der Waals surface area contributed by atoms with E-state index in [1.54, 1.807) is 6.92 Å². The van der Waals surface area contributed by atoms with Gasteiger partial charge in [0.05, 0.1) is 0 Å². The fourth-order valence-electron chi connectivity index (χ4n) is 4.14. The Morgan fingerprint density at radius 2 is 1.40 bits per heavy atom. The molecule has 1 N–H and O–H groups in total. The van der Waals surface area contributed by atoms with Crippen molar-refractivity contribution >= 4 is 11.9 Å². The van der Waals surface area contributed by atoms with Gasteiger partial charge in [0.25, 0.3) is 0 Å². The van der Waals surface area contributed by atoms with Crippen LogP contribution in [0.2, 0.25) is 0 Å². The van der Waals surface area contributed by atoms with Crippen LogP contribution in [-0.4, -0.2) is 35.7 Å². The van der Waals surface area contributed by atoms with Gasteiger partial charge in [0.15, 0.2) is 0 Å². The molecule has 0 amide bonds. The predicted molar refractivity (Wildman–Crippen MR) is 123 cm³/mol. The Balaban J connectivity index is 1.98. The van der Waals surface area contributed by atoms with E-state index >= 15 is 0 Å². The van der Waals surface area contributed by atoms with Crippen LogP contribution in [0.5, 0.6) is 0 Å². The molecule has 30 heavy (non-hydrogen) atoms. The van der Waals surface area contributed by atoms with Crippen LogP contribution in [0.3, 0.4) is 0 Å². The molecule has 1 aliphatic rings. The average Bonchev–Trinajstić information content (AvgIpc) is 2.63. The fourth-order valence-corrected chi connectivity index (χ4v) is 4.14. The van der Waals surface area contributed by atoms with Crippen molar-refractivity contribution in [3.8, 4) is 0 Å². The van der Waals surface area contributed by atoms with Gasteiger partial charge in [0, 0.05) is 18.5 Å². The lowest BCUT2D eigenvalue weighted by Gasteiger charge is -2.35. The largest absolute Gasteiger partial charge is 0.509 e. The number of carbonyl (C=O) groups is 2. The van der Waals surface area contributed by atoms with E-state index in [0.29, 0.717) is 11.8 Å². The van der Waals surface area contributed by atoms with Gasteiger partial charge in [-0.2, -0.15) is 0 Å². The van der Waals surface area contributed by atoms with Gasteiger partial charge in [0.1, 0.15) is 17.5 Å². The molecule has 5 nitrogen and oxygen atoms in total. The highest BCUT2D eigenvalue weighted by Crippen LogP contribution is 2.22. The summed E-state index contributed by atoms with van der Waals surface area (Å²) in [6, 6.07) is 0.709. The molecule has 5 heteroatoms. The lowest BCUT2D eigenvalue weighted by Crippen LogP contribution is -2.50. The molecule has 176 valence electrons. The maximum absolute atomic E-state index is 11.9. The summed E-state index contributed by atoms with van der Waals surface area (Å²) >= 11 is 0. The molecule has 1 aliphatic heterocycles. The molecule has 3 unspecified atom stereocenters. The molecular weight excluding hydrogens is 378 g/mol. The van der Waals surface area contributed by atoms with E-state index in [1.807, 2.05) is 20.8 Å². The van der Waals surface area contributed by atoms with Crippen LogP contribution in [-0.2, 0) is 14.3 Å². The zero-order valence-corrected chi connectivity index (χ0v) is 20.3. The van der Waals surface area contributed by atoms with E-state index < -0.39 is 11.8 Å². The van der Waals surface area contributed by atoms with Gasteiger partial charge in [0.2, 0.25) is 0 Å². The first-order valence-corrected chi connectivity index (χ1v) is 12.3. The lowest BCUT2D eigenvalue weighted by atomic mass is 9.93. The number of nitrogens with one attached hydrogen (secondary N) is 1. The molecule has 0 bridgehead atoms. The molecule has 1 saturated heterocycles. The number of ether oxygens (including phenoxy) is 2. The Morgan fingerprint density at radius 3 is 1.90 bits per heavy atom. The zero-order chi connectivity index (χ0) is 22.4. The van der Waals surface area contributed by atoms with Crippen LogP contribution in [0.1, 0.15) is 125 Å². The van der Waals surface area contributed by atoms with Gasteiger partial charge < -0.3 is 19.6 Å². The maximum Gasteiger partial charge on any atom is 0.509 e. The summed E-state index contributed by atoms with van der Waals surface area (Å²) in [6.45, 7) is 9.34. The van der Waals surface area contributed by atoms with Gasteiger partial charge in [-0.3, -0.25) is 0 Å². The molecule has 1 heterocycles. The van der Waals surface area contributed by atoms with Crippen LogP contribution in [0.25, 0.3) is 0 Å². The highest BCUT2D eigenvalue weighted by Gasteiger charge is 2.30. The monoisotopic (exact) mass is 425 g/mol. The van der Waals surface area contributed by atoms with Gasteiger partial charge in [-0.25, -0.2) is 4.79 Å². The summed E-state index contributed by atoms with van der Waals surface area (Å²) < 4.78 is 10.8. The van der Waals surface area contributed by atoms with Crippen molar-refractivity contribution in [3.05, 3.63) is 0 Å². The number of carbonyl (C=O) groups excluding carboxylic acids is 2. The van der Waals surface area contributed by atoms with Crippen molar-refractivity contribution in [1.29, 1.82) is 0 Å². The highest BCUT2D eigenvalue weighted by atomic mass is 16.7. The molecule has 0 aromatic carbocycles. The second-order valence-electron chi connectivity index (χ2n) is 10.1. The van der Waals surface area contributed by atoms with E-state index in [0.717, 1.165) is 25.7 Å². The second-order valence-corrected chi connectivity index (χ2v) is 10.1. The average molecular weight is 426 g/mol. The van der Waals surface area contributed by atoms with Crippen molar-refractivity contribution in [3.63, 3.8) is 0 Å². The maximum atomic E-state index is 11.9. The summed E-state index contributed by atoms with van der Waals surface area (Å²) in [6.07, 6.45) is 16.1. The number of hydrogen-bond donors (Lipinski definition) is 1. The molecule has 3 atom stereocenters. The minimum Gasteiger partial charge on any atom is -0.429 e. The fraction of sp³-hybridized carbons (Fsp3) is 0.920. The molecule has 0 aliphatic carbocycles. The first-order valence-electron chi connectivity index (χ1n) is 12.3. The molecule has 0 radical (unpaired) electrons. The van der Waals surface area contributed by atoms with E-state index in [9.17, 15) is 9.59 Å². The third-order valence-corrected chi connectivity index (χ3v) is 5.82. The Morgan fingerprint density at radius 1 is 0.867 bits per heavy atom. The van der Waals surface area contributed by atoms with Gasteiger partial charge in [-0.1, -0.05) is 57.8 Å². The van der Waals surface area contributed by atoms with Crippen molar-refractivity contribution in [2.24, 2.45) is 0 Å². The topological polar surface area (TPSA) is 64.6 Å².